The number of aryl methyl sites for hydroxylation is 1. The van der Waals surface area contributed by atoms with E-state index in [1.165, 1.54) is 0 Å². The first-order valence-electron chi connectivity index (χ1n) is 3.15. The zero-order chi connectivity index (χ0) is 9.35. The van der Waals surface area contributed by atoms with Crippen LogP contribution < -0.4 is 5.73 Å². The van der Waals surface area contributed by atoms with E-state index in [9.17, 15) is 13.2 Å². The predicted molar refractivity (Wildman–Crippen MR) is 39.8 cm³/mol. The van der Waals surface area contributed by atoms with Crippen LogP contribution in [0.15, 0.2) is 5.38 Å². The summed E-state index contributed by atoms with van der Waals surface area (Å²) in [7, 11) is 0. The van der Waals surface area contributed by atoms with Crippen LogP contribution in [0.3, 0.4) is 0 Å². The number of alkyl halides is 3. The van der Waals surface area contributed by atoms with Crippen LogP contribution in [0, 0.1) is 6.92 Å². The molecule has 0 aliphatic carbocycles. The number of aromatic nitrogens is 1. The van der Waals surface area contributed by atoms with Crippen molar-refractivity contribution in [2.24, 2.45) is 5.73 Å². The molecule has 0 bridgehead atoms. The Labute approximate surface area is 71.2 Å². The fourth-order valence-electron chi connectivity index (χ4n) is 0.655. The standard InChI is InChI=1S/C6H7F3N2S/c1-3-2-12-5(11-3)4(10)6(7,8)9/h2,4H,10H2,1H3. The van der Waals surface area contributed by atoms with Gasteiger partial charge >= 0.3 is 6.18 Å². The fraction of sp³-hybridized carbons (Fsp3) is 0.500. The largest absolute Gasteiger partial charge is 0.410 e. The highest BCUT2D eigenvalue weighted by molar-refractivity contribution is 7.09. The van der Waals surface area contributed by atoms with E-state index in [1.54, 1.807) is 12.3 Å². The zero-order valence-electron chi connectivity index (χ0n) is 6.22. The van der Waals surface area contributed by atoms with Crippen LogP contribution in [0.4, 0.5) is 13.2 Å². The summed E-state index contributed by atoms with van der Waals surface area (Å²) in [5, 5.41) is 1.46. The molecule has 68 valence electrons. The molecule has 1 rings (SSSR count). The van der Waals surface area contributed by atoms with Gasteiger partial charge in [-0.2, -0.15) is 13.2 Å². The lowest BCUT2D eigenvalue weighted by atomic mass is 10.3. The predicted octanol–water partition coefficient (Wildman–Crippen LogP) is 2.01. The second-order valence-electron chi connectivity index (χ2n) is 2.35. The van der Waals surface area contributed by atoms with Crippen LogP contribution >= 0.6 is 11.3 Å². The third kappa shape index (κ3) is 1.95. The Balaban J connectivity index is 2.85. The Morgan fingerprint density at radius 3 is 2.50 bits per heavy atom. The van der Waals surface area contributed by atoms with Crippen LogP contribution in [0.25, 0.3) is 0 Å². The monoisotopic (exact) mass is 196 g/mol. The van der Waals surface area contributed by atoms with Gasteiger partial charge < -0.3 is 5.73 Å². The molecule has 1 heterocycles. The third-order valence-corrected chi connectivity index (χ3v) is 2.30. The minimum absolute atomic E-state index is 0.0833. The molecule has 1 aromatic heterocycles. The van der Waals surface area contributed by atoms with Crippen molar-refractivity contribution in [2.75, 3.05) is 0 Å². The van der Waals surface area contributed by atoms with Gasteiger partial charge in [-0.1, -0.05) is 0 Å². The highest BCUT2D eigenvalue weighted by Gasteiger charge is 2.39. The summed E-state index contributed by atoms with van der Waals surface area (Å²) in [4.78, 5) is 3.65. The molecular formula is C6H7F3N2S. The van der Waals surface area contributed by atoms with Crippen molar-refractivity contribution in [3.05, 3.63) is 16.1 Å². The molecule has 0 spiro atoms. The van der Waals surface area contributed by atoms with Crippen LogP contribution in [-0.2, 0) is 0 Å². The van der Waals surface area contributed by atoms with E-state index < -0.39 is 12.2 Å². The van der Waals surface area contributed by atoms with Crippen molar-refractivity contribution < 1.29 is 13.2 Å². The smallest absolute Gasteiger partial charge is 0.314 e. The zero-order valence-corrected chi connectivity index (χ0v) is 7.04. The summed E-state index contributed by atoms with van der Waals surface area (Å²) < 4.78 is 36.0. The fourth-order valence-corrected chi connectivity index (χ4v) is 1.48. The quantitative estimate of drug-likeness (QED) is 0.746. The van der Waals surface area contributed by atoms with E-state index in [-0.39, 0.29) is 5.01 Å². The molecule has 0 fully saturated rings. The number of nitrogens with two attached hydrogens (primary N) is 1. The van der Waals surface area contributed by atoms with Gasteiger partial charge in [-0.3, -0.25) is 0 Å². The van der Waals surface area contributed by atoms with Gasteiger partial charge in [0.2, 0.25) is 0 Å². The molecule has 1 unspecified atom stereocenters. The van der Waals surface area contributed by atoms with Gasteiger partial charge in [0.25, 0.3) is 0 Å². The summed E-state index contributed by atoms with van der Waals surface area (Å²) in [5.41, 5.74) is 5.47. The van der Waals surface area contributed by atoms with Crippen LogP contribution in [0.2, 0.25) is 0 Å². The summed E-state index contributed by atoms with van der Waals surface area (Å²) in [6, 6.07) is -1.95. The molecule has 0 amide bonds. The van der Waals surface area contributed by atoms with Crippen molar-refractivity contribution in [3.8, 4) is 0 Å². The lowest BCUT2D eigenvalue weighted by molar-refractivity contribution is -0.149. The Hall–Kier alpha value is -0.620. The van der Waals surface area contributed by atoms with E-state index in [0.29, 0.717) is 5.69 Å². The molecule has 6 heteroatoms. The molecule has 0 aliphatic rings. The van der Waals surface area contributed by atoms with E-state index in [4.69, 9.17) is 5.73 Å². The Kier molecular flexibility index (Phi) is 2.39. The van der Waals surface area contributed by atoms with E-state index in [0.717, 1.165) is 11.3 Å². The molecule has 1 atom stereocenters. The van der Waals surface area contributed by atoms with Gasteiger partial charge in [-0.05, 0) is 6.92 Å². The molecular weight excluding hydrogens is 189 g/mol. The second kappa shape index (κ2) is 3.02. The van der Waals surface area contributed by atoms with Gasteiger partial charge in [-0.15, -0.1) is 11.3 Å². The van der Waals surface area contributed by atoms with E-state index in [1.807, 2.05) is 0 Å². The van der Waals surface area contributed by atoms with Crippen LogP contribution in [0.5, 0.6) is 0 Å². The first-order chi connectivity index (χ1) is 5.41. The van der Waals surface area contributed by atoms with Gasteiger partial charge in [0.15, 0.2) is 6.04 Å². The van der Waals surface area contributed by atoms with Gasteiger partial charge in [0.05, 0.1) is 0 Å². The maximum Gasteiger partial charge on any atom is 0.410 e. The maximum atomic E-state index is 12.0. The third-order valence-electron chi connectivity index (χ3n) is 1.26. The minimum atomic E-state index is -4.40. The molecule has 2 N–H and O–H groups in total. The number of hydrogen-bond donors (Lipinski definition) is 1. The van der Waals surface area contributed by atoms with Crippen LogP contribution in [-0.4, -0.2) is 11.2 Å². The highest BCUT2D eigenvalue weighted by atomic mass is 32.1. The number of nitrogens with zero attached hydrogens (tertiary/aromatic N) is 1. The van der Waals surface area contributed by atoms with Crippen molar-refractivity contribution in [3.63, 3.8) is 0 Å². The van der Waals surface area contributed by atoms with Crippen molar-refractivity contribution >= 4 is 11.3 Å². The Morgan fingerprint density at radius 2 is 2.17 bits per heavy atom. The molecule has 1 aromatic rings. The first-order valence-corrected chi connectivity index (χ1v) is 4.03. The second-order valence-corrected chi connectivity index (χ2v) is 3.24. The topological polar surface area (TPSA) is 38.9 Å². The lowest BCUT2D eigenvalue weighted by Gasteiger charge is -2.11. The summed E-state index contributed by atoms with van der Waals surface area (Å²) in [5.74, 6) is 0. The van der Waals surface area contributed by atoms with Crippen molar-refractivity contribution in [1.82, 2.24) is 4.98 Å². The van der Waals surface area contributed by atoms with Gasteiger partial charge in [0, 0.05) is 11.1 Å². The first kappa shape index (κ1) is 9.47. The summed E-state index contributed by atoms with van der Waals surface area (Å²) in [6.45, 7) is 1.63. The average Bonchev–Trinajstić information content (AvgIpc) is 2.32. The van der Waals surface area contributed by atoms with Crippen molar-refractivity contribution in [1.29, 1.82) is 0 Å². The number of rotatable bonds is 1. The Morgan fingerprint density at radius 1 is 1.58 bits per heavy atom. The Bertz CT molecular complexity index is 268. The number of thiazole rings is 1. The lowest BCUT2D eigenvalue weighted by Crippen LogP contribution is -2.28. The average molecular weight is 196 g/mol. The molecule has 0 saturated heterocycles. The molecule has 12 heavy (non-hydrogen) atoms. The SMILES string of the molecule is Cc1csc(C(N)C(F)(F)F)n1. The maximum absolute atomic E-state index is 12.0. The van der Waals surface area contributed by atoms with E-state index >= 15 is 0 Å². The minimum Gasteiger partial charge on any atom is -0.314 e. The number of halogens is 3. The molecule has 0 aromatic carbocycles. The number of hydrogen-bond acceptors (Lipinski definition) is 3. The molecule has 2 nitrogen and oxygen atoms in total. The van der Waals surface area contributed by atoms with Gasteiger partial charge in [0.1, 0.15) is 5.01 Å². The summed E-state index contributed by atoms with van der Waals surface area (Å²) >= 11 is 0.928. The van der Waals surface area contributed by atoms with E-state index in [2.05, 4.69) is 4.98 Å². The molecule has 0 saturated carbocycles. The normalized spacial score (nSPS) is 14.8. The van der Waals surface area contributed by atoms with Crippen molar-refractivity contribution in [2.45, 2.75) is 19.1 Å². The van der Waals surface area contributed by atoms with Gasteiger partial charge in [-0.25, -0.2) is 4.98 Å². The van der Waals surface area contributed by atoms with Crippen LogP contribution in [0.1, 0.15) is 16.7 Å². The highest BCUT2D eigenvalue weighted by Crippen LogP contribution is 2.31. The molecule has 0 aliphatic heterocycles. The summed E-state index contributed by atoms with van der Waals surface area (Å²) in [6.07, 6.45) is -4.40. The molecule has 0 radical (unpaired) electrons.